The molecule has 0 radical (unpaired) electrons. The number of benzene rings is 1. The minimum Gasteiger partial charge on any atom is -0.379 e. The third-order valence-corrected chi connectivity index (χ3v) is 5.17. The van der Waals surface area contributed by atoms with Gasteiger partial charge in [0.05, 0.1) is 31.5 Å². The molecule has 1 aliphatic heterocycles. The van der Waals surface area contributed by atoms with Crippen molar-refractivity contribution in [2.45, 2.75) is 25.4 Å². The highest BCUT2D eigenvalue weighted by Crippen LogP contribution is 2.19. The van der Waals surface area contributed by atoms with Crippen molar-refractivity contribution in [2.24, 2.45) is 0 Å². The van der Waals surface area contributed by atoms with Crippen LogP contribution in [0.5, 0.6) is 0 Å². The van der Waals surface area contributed by atoms with E-state index in [0.29, 0.717) is 6.54 Å². The Hall–Kier alpha value is -2.28. The fourth-order valence-corrected chi connectivity index (χ4v) is 3.44. The summed E-state index contributed by atoms with van der Waals surface area (Å²) in [6, 6.07) is 15.8. The molecule has 3 rings (SSSR count). The first-order chi connectivity index (χ1) is 13.6. The number of pyridine rings is 1. The van der Waals surface area contributed by atoms with E-state index in [1.807, 2.05) is 48.5 Å². The van der Waals surface area contributed by atoms with Crippen molar-refractivity contribution in [1.29, 1.82) is 0 Å². The summed E-state index contributed by atoms with van der Waals surface area (Å²) in [6.45, 7) is 8.46. The molecule has 150 valence electrons. The van der Waals surface area contributed by atoms with Gasteiger partial charge in [0.1, 0.15) is 0 Å². The molecule has 1 atom stereocenters. The molecule has 2 N–H and O–H groups in total. The first kappa shape index (κ1) is 20.5. The fourth-order valence-electron chi connectivity index (χ4n) is 3.44. The summed E-state index contributed by atoms with van der Waals surface area (Å²) >= 11 is 0. The zero-order chi connectivity index (χ0) is 19.8. The number of carbonyl (C=O) groups is 1. The van der Waals surface area contributed by atoms with Crippen molar-refractivity contribution in [3.63, 3.8) is 0 Å². The molecule has 1 unspecified atom stereocenters. The monoisotopic (exact) mass is 382 g/mol. The molecule has 6 heteroatoms. The summed E-state index contributed by atoms with van der Waals surface area (Å²) in [7, 11) is 0. The standard InChI is InChI=1S/C22H30N4O2/c1-22(2,26-12-14-28-15-13-26)17-25-20(27)16-24-21(18-8-4-3-5-9-18)19-10-6-7-11-23-19/h3-11,21,24H,12-17H2,1-2H3,(H,25,27). The molecular weight excluding hydrogens is 352 g/mol. The van der Waals surface area contributed by atoms with Crippen molar-refractivity contribution in [1.82, 2.24) is 20.5 Å². The lowest BCUT2D eigenvalue weighted by molar-refractivity contribution is -0.121. The van der Waals surface area contributed by atoms with E-state index in [1.165, 1.54) is 0 Å². The van der Waals surface area contributed by atoms with E-state index >= 15 is 0 Å². The molecule has 0 spiro atoms. The number of hydrogen-bond acceptors (Lipinski definition) is 5. The maximum absolute atomic E-state index is 12.5. The predicted molar refractivity (Wildman–Crippen MR) is 110 cm³/mol. The van der Waals surface area contributed by atoms with Gasteiger partial charge in [0.15, 0.2) is 0 Å². The molecule has 1 aromatic carbocycles. The number of aromatic nitrogens is 1. The van der Waals surface area contributed by atoms with Crippen LogP contribution in [0.1, 0.15) is 31.1 Å². The second-order valence-electron chi connectivity index (χ2n) is 7.67. The summed E-state index contributed by atoms with van der Waals surface area (Å²) in [5, 5.41) is 6.43. The molecule has 28 heavy (non-hydrogen) atoms. The van der Waals surface area contributed by atoms with Crippen LogP contribution in [-0.2, 0) is 9.53 Å². The fraction of sp³-hybridized carbons (Fsp3) is 0.455. The number of carbonyl (C=O) groups excluding carboxylic acids is 1. The Labute approximate surface area is 167 Å². The lowest BCUT2D eigenvalue weighted by atomic mass is 10.0. The number of hydrogen-bond donors (Lipinski definition) is 2. The van der Waals surface area contributed by atoms with E-state index in [0.717, 1.165) is 37.6 Å². The Bertz CT molecular complexity index is 691. The predicted octanol–water partition coefficient (Wildman–Crippen LogP) is 1.99. The van der Waals surface area contributed by atoms with E-state index < -0.39 is 0 Å². The van der Waals surface area contributed by atoms with Crippen LogP contribution in [0.25, 0.3) is 0 Å². The van der Waals surface area contributed by atoms with E-state index in [9.17, 15) is 4.79 Å². The van der Waals surface area contributed by atoms with Gasteiger partial charge in [-0.25, -0.2) is 0 Å². The number of amides is 1. The molecule has 0 saturated carbocycles. The molecule has 6 nitrogen and oxygen atoms in total. The van der Waals surface area contributed by atoms with Gasteiger partial charge < -0.3 is 10.1 Å². The van der Waals surface area contributed by atoms with Crippen LogP contribution in [0.4, 0.5) is 0 Å². The normalized spacial score (nSPS) is 16.5. The van der Waals surface area contributed by atoms with Gasteiger partial charge in [-0.3, -0.25) is 20.0 Å². The number of ether oxygens (including phenoxy) is 1. The SMILES string of the molecule is CC(C)(CNC(=O)CNC(c1ccccc1)c1ccccn1)N1CCOCC1. The highest BCUT2D eigenvalue weighted by atomic mass is 16.5. The van der Waals surface area contributed by atoms with Gasteiger partial charge >= 0.3 is 0 Å². The Morgan fingerprint density at radius 2 is 1.86 bits per heavy atom. The van der Waals surface area contributed by atoms with Gasteiger partial charge in [0.25, 0.3) is 0 Å². The molecule has 1 fully saturated rings. The maximum Gasteiger partial charge on any atom is 0.234 e. The van der Waals surface area contributed by atoms with Crippen molar-refractivity contribution >= 4 is 5.91 Å². The molecule has 0 bridgehead atoms. The van der Waals surface area contributed by atoms with Gasteiger partial charge in [0, 0.05) is 31.4 Å². The topological polar surface area (TPSA) is 66.5 Å². The molecule has 2 heterocycles. The van der Waals surface area contributed by atoms with Crippen LogP contribution in [-0.4, -0.2) is 60.7 Å². The largest absolute Gasteiger partial charge is 0.379 e. The minimum absolute atomic E-state index is 0.0156. The Morgan fingerprint density at radius 3 is 2.54 bits per heavy atom. The van der Waals surface area contributed by atoms with Crippen molar-refractivity contribution < 1.29 is 9.53 Å². The third-order valence-electron chi connectivity index (χ3n) is 5.17. The van der Waals surface area contributed by atoms with Gasteiger partial charge in [-0.15, -0.1) is 0 Å². The first-order valence-electron chi connectivity index (χ1n) is 9.85. The van der Waals surface area contributed by atoms with Crippen LogP contribution >= 0.6 is 0 Å². The highest BCUT2D eigenvalue weighted by Gasteiger charge is 2.28. The zero-order valence-corrected chi connectivity index (χ0v) is 16.7. The van der Waals surface area contributed by atoms with Crippen molar-refractivity contribution in [3.05, 3.63) is 66.0 Å². The van der Waals surface area contributed by atoms with E-state index in [2.05, 4.69) is 34.4 Å². The van der Waals surface area contributed by atoms with Crippen LogP contribution in [0, 0.1) is 0 Å². The molecule has 1 amide bonds. The minimum atomic E-state index is -0.125. The molecule has 0 aliphatic carbocycles. The zero-order valence-electron chi connectivity index (χ0n) is 16.7. The Balaban J connectivity index is 1.56. The Kier molecular flexibility index (Phi) is 7.14. The van der Waals surface area contributed by atoms with E-state index in [1.54, 1.807) is 6.20 Å². The van der Waals surface area contributed by atoms with Gasteiger partial charge in [0.2, 0.25) is 5.91 Å². The second-order valence-corrected chi connectivity index (χ2v) is 7.67. The van der Waals surface area contributed by atoms with E-state index in [4.69, 9.17) is 4.74 Å². The summed E-state index contributed by atoms with van der Waals surface area (Å²) in [5.41, 5.74) is 1.89. The van der Waals surface area contributed by atoms with Crippen LogP contribution in [0.2, 0.25) is 0 Å². The summed E-state index contributed by atoms with van der Waals surface area (Å²) in [4.78, 5) is 19.3. The van der Waals surface area contributed by atoms with Gasteiger partial charge in [-0.2, -0.15) is 0 Å². The van der Waals surface area contributed by atoms with Crippen molar-refractivity contribution in [3.8, 4) is 0 Å². The van der Waals surface area contributed by atoms with Crippen LogP contribution in [0.15, 0.2) is 54.7 Å². The number of nitrogens with zero attached hydrogens (tertiary/aromatic N) is 2. The smallest absolute Gasteiger partial charge is 0.234 e. The Morgan fingerprint density at radius 1 is 1.14 bits per heavy atom. The summed E-state index contributed by atoms with van der Waals surface area (Å²) in [6.07, 6.45) is 1.78. The summed E-state index contributed by atoms with van der Waals surface area (Å²) in [5.74, 6) is -0.0156. The molecule has 1 saturated heterocycles. The average molecular weight is 383 g/mol. The molecule has 2 aromatic rings. The molecule has 1 aromatic heterocycles. The molecule has 1 aliphatic rings. The maximum atomic E-state index is 12.5. The lowest BCUT2D eigenvalue weighted by Gasteiger charge is -2.40. The van der Waals surface area contributed by atoms with Crippen molar-refractivity contribution in [2.75, 3.05) is 39.4 Å². The van der Waals surface area contributed by atoms with Crippen LogP contribution < -0.4 is 10.6 Å². The number of morpholine rings is 1. The highest BCUT2D eigenvalue weighted by molar-refractivity contribution is 5.78. The summed E-state index contributed by atoms with van der Waals surface area (Å²) < 4.78 is 5.42. The molecular formula is C22H30N4O2. The average Bonchev–Trinajstić information content (AvgIpc) is 2.75. The third kappa shape index (κ3) is 5.61. The van der Waals surface area contributed by atoms with Gasteiger partial charge in [-0.05, 0) is 31.5 Å². The second kappa shape index (κ2) is 9.78. The number of rotatable bonds is 8. The van der Waals surface area contributed by atoms with Gasteiger partial charge in [-0.1, -0.05) is 36.4 Å². The van der Waals surface area contributed by atoms with Crippen LogP contribution in [0.3, 0.4) is 0 Å². The lowest BCUT2D eigenvalue weighted by Crippen LogP contribution is -2.56. The van der Waals surface area contributed by atoms with E-state index in [-0.39, 0.29) is 24.0 Å². The first-order valence-corrected chi connectivity index (χ1v) is 9.85. The quantitative estimate of drug-likeness (QED) is 0.731. The number of nitrogens with one attached hydrogen (secondary N) is 2.